The van der Waals surface area contributed by atoms with Gasteiger partial charge in [0.15, 0.2) is 0 Å². The highest BCUT2D eigenvalue weighted by Crippen LogP contribution is 2.38. The van der Waals surface area contributed by atoms with Gasteiger partial charge in [0.05, 0.1) is 26.2 Å². The Labute approximate surface area is 137 Å². The van der Waals surface area contributed by atoms with Gasteiger partial charge in [-0.3, -0.25) is 0 Å². The highest BCUT2D eigenvalue weighted by Gasteiger charge is 2.24. The Bertz CT molecular complexity index is 815. The zero-order valence-corrected chi connectivity index (χ0v) is 14.8. The van der Waals surface area contributed by atoms with Crippen LogP contribution in [0.2, 0.25) is 0 Å². The Kier molecular flexibility index (Phi) is 4.85. The van der Waals surface area contributed by atoms with Gasteiger partial charge in [-0.25, -0.2) is 12.7 Å². The summed E-state index contributed by atoms with van der Waals surface area (Å²) in [6.45, 7) is 3.93. The fraction of sp³-hybridized carbons (Fsp3) is 0.294. The predicted molar refractivity (Wildman–Crippen MR) is 92.4 cm³/mol. The van der Waals surface area contributed by atoms with Gasteiger partial charge >= 0.3 is 0 Å². The van der Waals surface area contributed by atoms with Crippen molar-refractivity contribution in [1.82, 2.24) is 0 Å². The molecule has 2 aromatic rings. The van der Waals surface area contributed by atoms with Crippen LogP contribution in [0.3, 0.4) is 0 Å². The first kappa shape index (κ1) is 17.1. The van der Waals surface area contributed by atoms with Crippen molar-refractivity contribution >= 4 is 21.4 Å². The number of anilines is 2. The summed E-state index contributed by atoms with van der Waals surface area (Å²) in [4.78, 5) is 0. The van der Waals surface area contributed by atoms with Crippen LogP contribution in [0, 0.1) is 13.8 Å². The van der Waals surface area contributed by atoms with E-state index in [1.165, 1.54) is 24.8 Å². The Morgan fingerprint density at radius 1 is 0.913 bits per heavy atom. The van der Waals surface area contributed by atoms with Gasteiger partial charge in [0.1, 0.15) is 17.2 Å². The number of benzene rings is 2. The summed E-state index contributed by atoms with van der Waals surface area (Å²) in [5.41, 5.74) is 3.08. The lowest BCUT2D eigenvalue weighted by Crippen LogP contribution is -2.25. The highest BCUT2D eigenvalue weighted by atomic mass is 32.2. The fourth-order valence-corrected chi connectivity index (χ4v) is 3.31. The Balaban J connectivity index is 2.72. The van der Waals surface area contributed by atoms with Crippen molar-refractivity contribution in [3.63, 3.8) is 0 Å². The fourth-order valence-electron chi connectivity index (χ4n) is 2.32. The zero-order chi connectivity index (χ0) is 17.2. The average molecular weight is 335 g/mol. The third-order valence-corrected chi connectivity index (χ3v) is 4.73. The maximum atomic E-state index is 12.4. The second kappa shape index (κ2) is 6.50. The van der Waals surface area contributed by atoms with E-state index in [9.17, 15) is 8.42 Å². The lowest BCUT2D eigenvalue weighted by Gasteiger charge is -2.25. The monoisotopic (exact) mass is 335 g/mol. The number of sulfonamides is 1. The first-order valence-corrected chi connectivity index (χ1v) is 8.92. The number of aryl methyl sites for hydroxylation is 2. The van der Waals surface area contributed by atoms with Crippen LogP contribution >= 0.6 is 0 Å². The summed E-state index contributed by atoms with van der Waals surface area (Å²) < 4.78 is 36.7. The molecular weight excluding hydrogens is 314 g/mol. The molecule has 124 valence electrons. The average Bonchev–Trinajstić information content (AvgIpc) is 2.49. The molecule has 2 rings (SSSR count). The molecule has 5 nitrogen and oxygen atoms in total. The van der Waals surface area contributed by atoms with Gasteiger partial charge < -0.3 is 9.47 Å². The molecule has 0 heterocycles. The molecule has 0 aromatic heterocycles. The van der Waals surface area contributed by atoms with E-state index >= 15 is 0 Å². The summed E-state index contributed by atoms with van der Waals surface area (Å²) in [5, 5.41) is 0. The van der Waals surface area contributed by atoms with Crippen molar-refractivity contribution in [3.05, 3.63) is 47.5 Å². The van der Waals surface area contributed by atoms with E-state index in [1.54, 1.807) is 24.3 Å². The van der Waals surface area contributed by atoms with Crippen LogP contribution in [0.4, 0.5) is 11.4 Å². The maximum Gasteiger partial charge on any atom is 0.236 e. The number of nitrogens with zero attached hydrogens (tertiary/aromatic N) is 1. The molecule has 2 aromatic carbocycles. The first-order valence-electron chi connectivity index (χ1n) is 7.07. The van der Waals surface area contributed by atoms with Crippen molar-refractivity contribution in [3.8, 4) is 11.5 Å². The molecule has 0 spiro atoms. The number of rotatable bonds is 5. The van der Waals surface area contributed by atoms with E-state index in [-0.39, 0.29) is 0 Å². The molecular formula is C17H21NO4S. The summed E-state index contributed by atoms with van der Waals surface area (Å²) in [5.74, 6) is 1.01. The van der Waals surface area contributed by atoms with Gasteiger partial charge in [-0.1, -0.05) is 6.07 Å². The van der Waals surface area contributed by atoms with Crippen molar-refractivity contribution < 1.29 is 17.9 Å². The molecule has 0 radical (unpaired) electrons. The van der Waals surface area contributed by atoms with Gasteiger partial charge in [-0.05, 0) is 49.2 Å². The van der Waals surface area contributed by atoms with Crippen LogP contribution in [0.1, 0.15) is 11.1 Å². The lowest BCUT2D eigenvalue weighted by molar-refractivity contribution is 0.404. The van der Waals surface area contributed by atoms with E-state index < -0.39 is 10.0 Å². The summed E-state index contributed by atoms with van der Waals surface area (Å²) in [6.07, 6.45) is 1.17. The Hall–Kier alpha value is -2.21. The van der Waals surface area contributed by atoms with Gasteiger partial charge in [0, 0.05) is 6.07 Å². The minimum atomic E-state index is -3.56. The number of hydrogen-bond acceptors (Lipinski definition) is 4. The molecule has 0 aliphatic carbocycles. The number of ether oxygens (including phenoxy) is 2. The van der Waals surface area contributed by atoms with Gasteiger partial charge in [0.2, 0.25) is 10.0 Å². The molecule has 0 aliphatic heterocycles. The molecule has 23 heavy (non-hydrogen) atoms. The number of hydrogen-bond donors (Lipinski definition) is 0. The first-order chi connectivity index (χ1) is 10.8. The standard InChI is InChI=1S/C17H21NO4S/c1-12-6-7-14(10-13(12)2)18(23(5,19)20)16-11-15(21-3)8-9-17(16)22-4/h6-11H,1-5H3. The molecule has 0 fully saturated rings. The maximum absolute atomic E-state index is 12.4. The van der Waals surface area contributed by atoms with Crippen LogP contribution in [-0.4, -0.2) is 28.9 Å². The SMILES string of the molecule is COc1ccc(OC)c(N(c2ccc(C)c(C)c2)S(C)(=O)=O)c1. The van der Waals surface area contributed by atoms with E-state index in [2.05, 4.69) is 0 Å². The van der Waals surface area contributed by atoms with Gasteiger partial charge in [-0.15, -0.1) is 0 Å². The predicted octanol–water partition coefficient (Wildman–Crippen LogP) is 3.42. The van der Waals surface area contributed by atoms with E-state index in [0.717, 1.165) is 11.1 Å². The van der Waals surface area contributed by atoms with Crippen molar-refractivity contribution in [2.24, 2.45) is 0 Å². The van der Waals surface area contributed by atoms with Crippen LogP contribution in [0.5, 0.6) is 11.5 Å². The molecule has 0 bridgehead atoms. The Morgan fingerprint density at radius 2 is 1.61 bits per heavy atom. The summed E-state index contributed by atoms with van der Waals surface area (Å²) in [7, 11) is -0.520. The van der Waals surface area contributed by atoms with Crippen molar-refractivity contribution in [1.29, 1.82) is 0 Å². The van der Waals surface area contributed by atoms with Gasteiger partial charge in [0.25, 0.3) is 0 Å². The van der Waals surface area contributed by atoms with Crippen LogP contribution in [-0.2, 0) is 10.0 Å². The quantitative estimate of drug-likeness (QED) is 0.840. The minimum Gasteiger partial charge on any atom is -0.497 e. The summed E-state index contributed by atoms with van der Waals surface area (Å²) >= 11 is 0. The molecule has 0 N–H and O–H groups in total. The van der Waals surface area contributed by atoms with E-state index in [4.69, 9.17) is 9.47 Å². The highest BCUT2D eigenvalue weighted by molar-refractivity contribution is 7.92. The van der Waals surface area contributed by atoms with Crippen LogP contribution in [0.15, 0.2) is 36.4 Å². The second-order valence-electron chi connectivity index (χ2n) is 5.33. The topological polar surface area (TPSA) is 55.8 Å². The number of methoxy groups -OCH3 is 2. The third kappa shape index (κ3) is 3.59. The van der Waals surface area contributed by atoms with Crippen molar-refractivity contribution in [2.75, 3.05) is 24.8 Å². The zero-order valence-electron chi connectivity index (χ0n) is 14.0. The van der Waals surface area contributed by atoms with E-state index in [1.807, 2.05) is 26.0 Å². The van der Waals surface area contributed by atoms with Crippen LogP contribution < -0.4 is 13.8 Å². The van der Waals surface area contributed by atoms with Crippen molar-refractivity contribution in [2.45, 2.75) is 13.8 Å². The van der Waals surface area contributed by atoms with E-state index in [0.29, 0.717) is 22.9 Å². The molecule has 0 amide bonds. The largest absolute Gasteiger partial charge is 0.497 e. The summed E-state index contributed by atoms with van der Waals surface area (Å²) in [6, 6.07) is 10.6. The second-order valence-corrected chi connectivity index (χ2v) is 7.16. The smallest absolute Gasteiger partial charge is 0.236 e. The molecule has 6 heteroatoms. The lowest BCUT2D eigenvalue weighted by atomic mass is 10.1. The molecule has 0 unspecified atom stereocenters. The molecule has 0 saturated heterocycles. The normalized spacial score (nSPS) is 11.2. The molecule has 0 atom stereocenters. The Morgan fingerprint density at radius 3 is 2.13 bits per heavy atom. The van der Waals surface area contributed by atoms with Gasteiger partial charge in [-0.2, -0.15) is 0 Å². The molecule has 0 aliphatic rings. The third-order valence-electron chi connectivity index (χ3n) is 3.66. The molecule has 0 saturated carbocycles. The van der Waals surface area contributed by atoms with Crippen LogP contribution in [0.25, 0.3) is 0 Å². The minimum absolute atomic E-state index is 0.414.